The number of hydrogen-bond acceptors (Lipinski definition) is 4. The van der Waals surface area contributed by atoms with E-state index in [1.807, 2.05) is 0 Å². The number of rotatable bonds is 2. The number of aromatic hydroxyl groups is 3. The molecule has 0 saturated heterocycles. The van der Waals surface area contributed by atoms with Crippen LogP contribution in [-0.2, 0) is 0 Å². The first kappa shape index (κ1) is 12.7. The lowest BCUT2D eigenvalue weighted by Crippen LogP contribution is -2.12. The summed E-state index contributed by atoms with van der Waals surface area (Å²) in [6, 6.07) is 6.81. The maximum absolute atomic E-state index is 13.1. The SMILES string of the molecule is O=C(Nc1ccc(O)c(F)c1)c1cc(O)ccc1O. The van der Waals surface area contributed by atoms with Crippen LogP contribution in [0.5, 0.6) is 17.2 Å². The number of benzene rings is 2. The minimum absolute atomic E-state index is 0.114. The fourth-order valence-corrected chi connectivity index (χ4v) is 1.49. The molecular weight excluding hydrogens is 253 g/mol. The number of hydrogen-bond donors (Lipinski definition) is 4. The molecule has 0 bridgehead atoms. The summed E-state index contributed by atoms with van der Waals surface area (Å²) in [5.41, 5.74) is -0.0310. The van der Waals surface area contributed by atoms with E-state index >= 15 is 0 Å². The first-order valence-electron chi connectivity index (χ1n) is 5.29. The number of nitrogens with one attached hydrogen (secondary N) is 1. The predicted octanol–water partition coefficient (Wildman–Crippen LogP) is 2.19. The predicted molar refractivity (Wildman–Crippen MR) is 65.8 cm³/mol. The Bertz CT molecular complexity index is 643. The summed E-state index contributed by atoms with van der Waals surface area (Å²) in [6.45, 7) is 0. The lowest BCUT2D eigenvalue weighted by atomic mass is 10.1. The van der Waals surface area contributed by atoms with Gasteiger partial charge in [-0.1, -0.05) is 0 Å². The third-order valence-electron chi connectivity index (χ3n) is 2.43. The number of phenolic OH excluding ortho intramolecular Hbond substituents is 3. The highest BCUT2D eigenvalue weighted by atomic mass is 19.1. The molecule has 6 heteroatoms. The lowest BCUT2D eigenvalue weighted by molar-refractivity contribution is 0.102. The molecule has 19 heavy (non-hydrogen) atoms. The highest BCUT2D eigenvalue weighted by Gasteiger charge is 2.13. The van der Waals surface area contributed by atoms with Crippen molar-refractivity contribution in [3.63, 3.8) is 0 Å². The van der Waals surface area contributed by atoms with Gasteiger partial charge < -0.3 is 20.6 Å². The standard InChI is InChI=1S/C13H10FNO4/c14-10-5-7(1-3-12(10)18)15-13(19)9-6-8(16)2-4-11(9)17/h1-6,16-18H,(H,15,19). The van der Waals surface area contributed by atoms with Crippen molar-refractivity contribution in [1.29, 1.82) is 0 Å². The van der Waals surface area contributed by atoms with Crippen LogP contribution in [0, 0.1) is 5.82 Å². The van der Waals surface area contributed by atoms with E-state index in [-0.39, 0.29) is 22.7 Å². The molecule has 5 nitrogen and oxygen atoms in total. The summed E-state index contributed by atoms with van der Waals surface area (Å²) in [4.78, 5) is 11.8. The number of phenols is 3. The molecule has 0 aliphatic rings. The van der Waals surface area contributed by atoms with Crippen LogP contribution in [0.15, 0.2) is 36.4 Å². The minimum atomic E-state index is -0.877. The van der Waals surface area contributed by atoms with Crippen LogP contribution in [0.25, 0.3) is 0 Å². The summed E-state index contributed by atoms with van der Waals surface area (Å²) in [6.07, 6.45) is 0. The van der Waals surface area contributed by atoms with Crippen molar-refractivity contribution in [3.8, 4) is 17.2 Å². The topological polar surface area (TPSA) is 89.8 Å². The Kier molecular flexibility index (Phi) is 3.24. The van der Waals surface area contributed by atoms with E-state index in [2.05, 4.69) is 5.32 Å². The van der Waals surface area contributed by atoms with Crippen LogP contribution in [0.3, 0.4) is 0 Å². The number of carbonyl (C=O) groups excluding carboxylic acids is 1. The molecule has 0 spiro atoms. The smallest absolute Gasteiger partial charge is 0.259 e. The fraction of sp³-hybridized carbons (Fsp3) is 0. The average molecular weight is 263 g/mol. The van der Waals surface area contributed by atoms with E-state index in [9.17, 15) is 19.4 Å². The van der Waals surface area contributed by atoms with Gasteiger partial charge in [0.2, 0.25) is 0 Å². The Morgan fingerprint density at radius 1 is 1.00 bits per heavy atom. The van der Waals surface area contributed by atoms with Crippen molar-refractivity contribution >= 4 is 11.6 Å². The Morgan fingerprint density at radius 3 is 2.37 bits per heavy atom. The summed E-state index contributed by atoms with van der Waals surface area (Å²) in [5, 5.41) is 30.1. The molecule has 0 saturated carbocycles. The zero-order valence-corrected chi connectivity index (χ0v) is 9.59. The molecule has 0 atom stereocenters. The molecule has 1 amide bonds. The molecule has 98 valence electrons. The van der Waals surface area contributed by atoms with Gasteiger partial charge in [0.15, 0.2) is 11.6 Å². The summed E-state index contributed by atoms with van der Waals surface area (Å²) >= 11 is 0. The van der Waals surface area contributed by atoms with Gasteiger partial charge in [-0.2, -0.15) is 0 Å². The van der Waals surface area contributed by atoms with Gasteiger partial charge in [0.25, 0.3) is 5.91 Å². The first-order chi connectivity index (χ1) is 8.97. The Labute approximate surface area is 107 Å². The van der Waals surface area contributed by atoms with Gasteiger partial charge in [0, 0.05) is 11.8 Å². The van der Waals surface area contributed by atoms with Gasteiger partial charge in [-0.15, -0.1) is 0 Å². The van der Waals surface area contributed by atoms with Crippen molar-refractivity contribution in [1.82, 2.24) is 0 Å². The zero-order chi connectivity index (χ0) is 14.0. The molecular formula is C13H10FNO4. The van der Waals surface area contributed by atoms with Crippen LogP contribution in [0.1, 0.15) is 10.4 Å². The van der Waals surface area contributed by atoms with Gasteiger partial charge in [-0.05, 0) is 30.3 Å². The molecule has 0 aromatic heterocycles. The van der Waals surface area contributed by atoms with Crippen molar-refractivity contribution in [2.75, 3.05) is 5.32 Å². The molecule has 0 aliphatic carbocycles. The number of carbonyl (C=O) groups is 1. The molecule has 2 aromatic rings. The van der Waals surface area contributed by atoms with Crippen molar-refractivity contribution in [2.45, 2.75) is 0 Å². The zero-order valence-electron chi connectivity index (χ0n) is 9.59. The van der Waals surface area contributed by atoms with Gasteiger partial charge in [0.05, 0.1) is 5.56 Å². The van der Waals surface area contributed by atoms with Crippen molar-refractivity contribution in [2.24, 2.45) is 0 Å². The first-order valence-corrected chi connectivity index (χ1v) is 5.29. The number of anilines is 1. The van der Waals surface area contributed by atoms with E-state index in [1.165, 1.54) is 18.2 Å². The maximum atomic E-state index is 13.1. The van der Waals surface area contributed by atoms with Crippen LogP contribution < -0.4 is 5.32 Å². The molecule has 0 radical (unpaired) electrons. The summed E-state index contributed by atoms with van der Waals surface area (Å²) in [5.74, 6) is -2.61. The molecule has 2 aromatic carbocycles. The Balaban J connectivity index is 2.25. The van der Waals surface area contributed by atoms with E-state index in [1.54, 1.807) is 0 Å². The molecule has 2 rings (SSSR count). The van der Waals surface area contributed by atoms with Gasteiger partial charge >= 0.3 is 0 Å². The van der Waals surface area contributed by atoms with Crippen LogP contribution >= 0.6 is 0 Å². The largest absolute Gasteiger partial charge is 0.508 e. The second kappa shape index (κ2) is 4.85. The van der Waals surface area contributed by atoms with Crippen molar-refractivity contribution < 1.29 is 24.5 Å². The van der Waals surface area contributed by atoms with Crippen LogP contribution in [0.2, 0.25) is 0 Å². The van der Waals surface area contributed by atoms with E-state index < -0.39 is 17.5 Å². The summed E-state index contributed by atoms with van der Waals surface area (Å²) < 4.78 is 13.1. The van der Waals surface area contributed by atoms with Gasteiger partial charge in [-0.25, -0.2) is 4.39 Å². The number of halogens is 1. The fourth-order valence-electron chi connectivity index (χ4n) is 1.49. The second-order valence-electron chi connectivity index (χ2n) is 3.82. The highest BCUT2D eigenvalue weighted by molar-refractivity contribution is 6.06. The van der Waals surface area contributed by atoms with Crippen LogP contribution in [0.4, 0.5) is 10.1 Å². The van der Waals surface area contributed by atoms with Crippen molar-refractivity contribution in [3.05, 3.63) is 47.8 Å². The minimum Gasteiger partial charge on any atom is -0.508 e. The Hall–Kier alpha value is -2.76. The third kappa shape index (κ3) is 2.74. The van der Waals surface area contributed by atoms with E-state index in [0.29, 0.717) is 0 Å². The maximum Gasteiger partial charge on any atom is 0.259 e. The molecule has 0 fully saturated rings. The normalized spacial score (nSPS) is 10.2. The van der Waals surface area contributed by atoms with E-state index in [4.69, 9.17) is 5.11 Å². The average Bonchev–Trinajstić information content (AvgIpc) is 2.36. The molecule has 0 aliphatic heterocycles. The monoisotopic (exact) mass is 263 g/mol. The quantitative estimate of drug-likeness (QED) is 0.625. The van der Waals surface area contributed by atoms with Crippen LogP contribution in [-0.4, -0.2) is 21.2 Å². The van der Waals surface area contributed by atoms with Gasteiger partial charge in [-0.3, -0.25) is 4.79 Å². The van der Waals surface area contributed by atoms with E-state index in [0.717, 1.165) is 18.2 Å². The third-order valence-corrected chi connectivity index (χ3v) is 2.43. The number of amides is 1. The second-order valence-corrected chi connectivity index (χ2v) is 3.82. The summed E-state index contributed by atoms with van der Waals surface area (Å²) in [7, 11) is 0. The molecule has 0 unspecified atom stereocenters. The molecule has 4 N–H and O–H groups in total. The van der Waals surface area contributed by atoms with Gasteiger partial charge in [0.1, 0.15) is 11.5 Å². The Morgan fingerprint density at radius 2 is 1.68 bits per heavy atom. The lowest BCUT2D eigenvalue weighted by Gasteiger charge is -2.07. The highest BCUT2D eigenvalue weighted by Crippen LogP contribution is 2.24. The molecule has 0 heterocycles.